The number of aromatic nitrogens is 3. The number of halogens is 1. The standard InChI is InChI=1S/C22H22ClN5O3S/c1-12-18(20(24)29)19(15-9-8-14(30-2)10-17(15)31-3)28-21(25-12)26-22(27-28)32-11-13-6-4-5-7-16(13)23/h4-10,19H,11H2,1-3H3,(H2,24,29)(H,25,26,27). The molecule has 166 valence electrons. The van der Waals surface area contributed by atoms with Crippen molar-refractivity contribution in [2.45, 2.75) is 23.9 Å². The molecule has 4 rings (SSSR count). The molecule has 1 aliphatic rings. The number of nitrogens with one attached hydrogen (secondary N) is 1. The van der Waals surface area contributed by atoms with Crippen molar-refractivity contribution in [2.75, 3.05) is 19.5 Å². The summed E-state index contributed by atoms with van der Waals surface area (Å²) in [7, 11) is 3.14. The Morgan fingerprint density at radius 3 is 2.72 bits per heavy atom. The number of primary amides is 1. The number of fused-ring (bicyclic) bond motifs is 1. The maximum Gasteiger partial charge on any atom is 0.248 e. The summed E-state index contributed by atoms with van der Waals surface area (Å²) < 4.78 is 12.6. The molecular formula is C22H22ClN5O3S. The van der Waals surface area contributed by atoms with Gasteiger partial charge in [0.15, 0.2) is 0 Å². The van der Waals surface area contributed by atoms with Crippen LogP contribution in [-0.4, -0.2) is 34.9 Å². The molecule has 32 heavy (non-hydrogen) atoms. The number of nitrogens with zero attached hydrogens (tertiary/aromatic N) is 3. The van der Waals surface area contributed by atoms with Crippen molar-refractivity contribution in [3.05, 3.63) is 69.9 Å². The van der Waals surface area contributed by atoms with Gasteiger partial charge in [-0.3, -0.25) is 4.79 Å². The fourth-order valence-electron chi connectivity index (χ4n) is 3.60. The summed E-state index contributed by atoms with van der Waals surface area (Å²) in [5, 5.41) is 9.05. The fourth-order valence-corrected chi connectivity index (χ4v) is 4.72. The molecule has 0 spiro atoms. The second kappa shape index (κ2) is 9.13. The van der Waals surface area contributed by atoms with Gasteiger partial charge in [0.25, 0.3) is 0 Å². The molecule has 3 N–H and O–H groups in total. The average Bonchev–Trinajstić information content (AvgIpc) is 3.19. The quantitative estimate of drug-likeness (QED) is 0.501. The molecule has 0 radical (unpaired) electrons. The molecule has 1 aliphatic heterocycles. The van der Waals surface area contributed by atoms with Gasteiger partial charge in [-0.05, 0) is 30.7 Å². The molecule has 0 fully saturated rings. The highest BCUT2D eigenvalue weighted by atomic mass is 35.5. The lowest BCUT2D eigenvalue weighted by molar-refractivity contribution is -0.115. The summed E-state index contributed by atoms with van der Waals surface area (Å²) in [4.78, 5) is 17.0. The normalized spacial score (nSPS) is 15.2. The second-order valence-corrected chi connectivity index (χ2v) is 8.43. The van der Waals surface area contributed by atoms with Crippen LogP contribution in [0.5, 0.6) is 11.5 Å². The number of hydrogen-bond donors (Lipinski definition) is 2. The van der Waals surface area contributed by atoms with Gasteiger partial charge in [-0.15, -0.1) is 5.10 Å². The van der Waals surface area contributed by atoms with Crippen LogP contribution in [0.3, 0.4) is 0 Å². The van der Waals surface area contributed by atoms with Crippen LogP contribution < -0.4 is 20.5 Å². The Morgan fingerprint density at radius 1 is 1.25 bits per heavy atom. The number of benzene rings is 2. The van der Waals surface area contributed by atoms with Crippen molar-refractivity contribution in [3.63, 3.8) is 0 Å². The lowest BCUT2D eigenvalue weighted by atomic mass is 9.94. The number of nitrogens with two attached hydrogens (primary N) is 1. The number of ether oxygens (including phenoxy) is 2. The van der Waals surface area contributed by atoms with Crippen molar-refractivity contribution in [2.24, 2.45) is 5.73 Å². The first-order valence-electron chi connectivity index (χ1n) is 9.75. The predicted octanol–water partition coefficient (Wildman–Crippen LogP) is 4.02. The number of amides is 1. The minimum absolute atomic E-state index is 0.383. The minimum atomic E-state index is -0.605. The molecule has 3 aromatic rings. The molecule has 8 nitrogen and oxygen atoms in total. The molecule has 2 aromatic carbocycles. The van der Waals surface area contributed by atoms with E-state index in [1.807, 2.05) is 30.3 Å². The molecule has 10 heteroatoms. The molecule has 1 amide bonds. The number of carbonyl (C=O) groups is 1. The summed E-state index contributed by atoms with van der Waals surface area (Å²) in [5.74, 6) is 1.75. The van der Waals surface area contributed by atoms with E-state index in [0.29, 0.717) is 44.6 Å². The van der Waals surface area contributed by atoms with Gasteiger partial charge < -0.3 is 20.5 Å². The van der Waals surface area contributed by atoms with Gasteiger partial charge >= 0.3 is 0 Å². The third-order valence-corrected chi connectivity index (χ3v) is 6.40. The zero-order valence-electron chi connectivity index (χ0n) is 17.8. The van der Waals surface area contributed by atoms with E-state index in [-0.39, 0.29) is 0 Å². The Kier molecular flexibility index (Phi) is 6.29. The van der Waals surface area contributed by atoms with E-state index in [0.717, 1.165) is 11.1 Å². The van der Waals surface area contributed by atoms with Crippen molar-refractivity contribution in [1.29, 1.82) is 0 Å². The smallest absolute Gasteiger partial charge is 0.248 e. The number of rotatable bonds is 7. The molecule has 1 atom stereocenters. The summed E-state index contributed by atoms with van der Waals surface area (Å²) in [6.07, 6.45) is 0. The van der Waals surface area contributed by atoms with Gasteiger partial charge in [-0.2, -0.15) is 4.98 Å². The first-order valence-corrected chi connectivity index (χ1v) is 11.1. The Hall–Kier alpha value is -3.17. The van der Waals surface area contributed by atoms with Crippen LogP contribution >= 0.6 is 23.4 Å². The van der Waals surface area contributed by atoms with Crippen molar-refractivity contribution < 1.29 is 14.3 Å². The number of hydrogen-bond acceptors (Lipinski definition) is 7. The van der Waals surface area contributed by atoms with Crippen molar-refractivity contribution in [1.82, 2.24) is 14.8 Å². The van der Waals surface area contributed by atoms with Gasteiger partial charge in [0, 0.05) is 28.1 Å². The summed E-state index contributed by atoms with van der Waals surface area (Å²) in [6, 6.07) is 12.4. The molecule has 0 saturated carbocycles. The number of anilines is 1. The van der Waals surface area contributed by atoms with E-state index >= 15 is 0 Å². The molecule has 0 saturated heterocycles. The van der Waals surface area contributed by atoms with Crippen LogP contribution in [0.25, 0.3) is 0 Å². The monoisotopic (exact) mass is 471 g/mol. The number of thioether (sulfide) groups is 1. The Bertz CT molecular complexity index is 1210. The molecular weight excluding hydrogens is 450 g/mol. The zero-order chi connectivity index (χ0) is 22.8. The van der Waals surface area contributed by atoms with Gasteiger partial charge in [0.1, 0.15) is 17.5 Å². The molecule has 1 aromatic heterocycles. The van der Waals surface area contributed by atoms with Gasteiger partial charge in [0.05, 0.1) is 19.8 Å². The summed E-state index contributed by atoms with van der Waals surface area (Å²) in [6.45, 7) is 1.79. The first-order chi connectivity index (χ1) is 15.4. The van der Waals surface area contributed by atoms with Crippen LogP contribution in [0.4, 0.5) is 5.95 Å². The van der Waals surface area contributed by atoms with E-state index in [4.69, 9.17) is 26.8 Å². The highest BCUT2D eigenvalue weighted by Crippen LogP contribution is 2.41. The lowest BCUT2D eigenvalue weighted by Gasteiger charge is -2.28. The van der Waals surface area contributed by atoms with Gasteiger partial charge in [-0.1, -0.05) is 41.6 Å². The third kappa shape index (κ3) is 4.13. The lowest BCUT2D eigenvalue weighted by Crippen LogP contribution is -2.32. The van der Waals surface area contributed by atoms with Crippen molar-refractivity contribution in [3.8, 4) is 11.5 Å². The average molecular weight is 472 g/mol. The second-order valence-electron chi connectivity index (χ2n) is 7.08. The van der Waals surface area contributed by atoms with Crippen LogP contribution in [0.15, 0.2) is 58.9 Å². The topological polar surface area (TPSA) is 104 Å². The predicted molar refractivity (Wildman–Crippen MR) is 124 cm³/mol. The largest absolute Gasteiger partial charge is 0.497 e. The molecule has 1 unspecified atom stereocenters. The van der Waals surface area contributed by atoms with E-state index in [1.165, 1.54) is 11.8 Å². The number of allylic oxidation sites excluding steroid dienone is 1. The van der Waals surface area contributed by atoms with Crippen LogP contribution in [0.1, 0.15) is 24.1 Å². The first kappa shape index (κ1) is 22.0. The van der Waals surface area contributed by atoms with E-state index in [2.05, 4.69) is 15.4 Å². The summed E-state index contributed by atoms with van der Waals surface area (Å²) >= 11 is 7.72. The highest BCUT2D eigenvalue weighted by molar-refractivity contribution is 7.98. The van der Waals surface area contributed by atoms with E-state index in [9.17, 15) is 4.79 Å². The molecule has 0 bridgehead atoms. The van der Waals surface area contributed by atoms with Crippen LogP contribution in [0.2, 0.25) is 5.02 Å². The Morgan fingerprint density at radius 2 is 2.03 bits per heavy atom. The van der Waals surface area contributed by atoms with Gasteiger partial charge in [-0.25, -0.2) is 4.68 Å². The van der Waals surface area contributed by atoms with E-state index < -0.39 is 11.9 Å². The number of carbonyl (C=O) groups excluding carboxylic acids is 1. The fraction of sp³-hybridized carbons (Fsp3) is 0.227. The molecule has 2 heterocycles. The van der Waals surface area contributed by atoms with Gasteiger partial charge in [0.2, 0.25) is 17.0 Å². The zero-order valence-corrected chi connectivity index (χ0v) is 19.3. The Balaban J connectivity index is 1.75. The molecule has 0 aliphatic carbocycles. The third-order valence-electron chi connectivity index (χ3n) is 5.15. The van der Waals surface area contributed by atoms with E-state index in [1.54, 1.807) is 38.0 Å². The number of methoxy groups -OCH3 is 2. The minimum Gasteiger partial charge on any atom is -0.497 e. The van der Waals surface area contributed by atoms with Crippen LogP contribution in [-0.2, 0) is 10.5 Å². The maximum atomic E-state index is 12.4. The van der Waals surface area contributed by atoms with Crippen molar-refractivity contribution >= 4 is 35.2 Å². The van der Waals surface area contributed by atoms with Crippen LogP contribution in [0, 0.1) is 0 Å². The SMILES string of the molecule is COc1ccc(C2C(C(N)=O)=C(C)Nc3nc(SCc4ccccc4Cl)nn32)c(OC)c1. The Labute approximate surface area is 194 Å². The maximum absolute atomic E-state index is 12.4. The summed E-state index contributed by atoms with van der Waals surface area (Å²) in [5.41, 5.74) is 8.47. The highest BCUT2D eigenvalue weighted by Gasteiger charge is 2.35.